The molecule has 1 aliphatic heterocycles. The van der Waals surface area contributed by atoms with Crippen molar-refractivity contribution in [3.05, 3.63) is 111 Å². The molecule has 1 aliphatic rings. The maximum absolute atomic E-state index is 13.8. The SMILES string of the molecule is CCOC(=O)N1CC(=Cc2ccc(OC)cc2)c2c(c(C(=O)N[C@H](C)c3ccccc3)nn2-c2ccc(Cl)cc2Cl)C1. The van der Waals surface area contributed by atoms with Crippen molar-refractivity contribution < 1.29 is 19.1 Å². The number of nitrogens with one attached hydrogen (secondary N) is 1. The minimum absolute atomic E-state index is 0.127. The molecule has 10 heteroatoms. The van der Waals surface area contributed by atoms with Crippen LogP contribution in [0.25, 0.3) is 17.3 Å². The first-order chi connectivity index (χ1) is 20.3. The number of halogens is 2. The van der Waals surface area contributed by atoms with E-state index in [0.717, 1.165) is 22.4 Å². The number of hydrogen-bond acceptors (Lipinski definition) is 5. The monoisotopic (exact) mass is 604 g/mol. The largest absolute Gasteiger partial charge is 0.497 e. The smallest absolute Gasteiger partial charge is 0.410 e. The van der Waals surface area contributed by atoms with Crippen LogP contribution in [0.3, 0.4) is 0 Å². The molecule has 8 nitrogen and oxygen atoms in total. The molecule has 2 amide bonds. The van der Waals surface area contributed by atoms with Gasteiger partial charge in [0.15, 0.2) is 5.69 Å². The zero-order valence-corrected chi connectivity index (χ0v) is 24.9. The zero-order valence-electron chi connectivity index (χ0n) is 23.4. The normalized spacial score (nSPS) is 14.3. The molecule has 5 rings (SSSR count). The summed E-state index contributed by atoms with van der Waals surface area (Å²) in [6.45, 7) is 4.25. The Labute approximate surface area is 254 Å². The molecule has 2 heterocycles. The van der Waals surface area contributed by atoms with Crippen LogP contribution in [-0.4, -0.2) is 46.9 Å². The predicted octanol–water partition coefficient (Wildman–Crippen LogP) is 7.19. The Hall–Kier alpha value is -4.27. The van der Waals surface area contributed by atoms with Crippen LogP contribution >= 0.6 is 23.2 Å². The molecule has 1 N–H and O–H groups in total. The van der Waals surface area contributed by atoms with E-state index in [-0.39, 0.29) is 37.3 Å². The van der Waals surface area contributed by atoms with Gasteiger partial charge < -0.3 is 14.8 Å². The van der Waals surface area contributed by atoms with Crippen LogP contribution in [0.5, 0.6) is 5.75 Å². The van der Waals surface area contributed by atoms with E-state index in [1.54, 1.807) is 41.8 Å². The highest BCUT2D eigenvalue weighted by Gasteiger charge is 2.34. The molecule has 0 bridgehead atoms. The fourth-order valence-electron chi connectivity index (χ4n) is 4.92. The van der Waals surface area contributed by atoms with Crippen LogP contribution in [-0.2, 0) is 11.3 Å². The molecule has 0 unspecified atom stereocenters. The molecule has 42 heavy (non-hydrogen) atoms. The fourth-order valence-corrected chi connectivity index (χ4v) is 5.40. The summed E-state index contributed by atoms with van der Waals surface area (Å²) in [5.74, 6) is 0.347. The topological polar surface area (TPSA) is 85.7 Å². The average Bonchev–Trinajstić information content (AvgIpc) is 3.38. The van der Waals surface area contributed by atoms with Gasteiger partial charge in [0.05, 0.1) is 49.3 Å². The maximum Gasteiger partial charge on any atom is 0.410 e. The molecule has 0 radical (unpaired) electrons. The molecular formula is C32H30Cl2N4O4. The summed E-state index contributed by atoms with van der Waals surface area (Å²) in [5, 5.41) is 8.70. The molecule has 0 saturated carbocycles. The van der Waals surface area contributed by atoms with Gasteiger partial charge in [0.25, 0.3) is 5.91 Å². The summed E-state index contributed by atoms with van der Waals surface area (Å²) < 4.78 is 12.3. The van der Waals surface area contributed by atoms with Crippen LogP contribution in [0.15, 0.2) is 72.8 Å². The van der Waals surface area contributed by atoms with E-state index in [2.05, 4.69) is 5.32 Å². The standard InChI is InChI=1S/C32H30Cl2N4O4/c1-4-42-32(40)37-18-23(16-21-10-13-25(41-3)14-11-21)30-26(19-37)29(31(39)35-20(2)22-8-6-5-7-9-22)36-38(30)28-15-12-24(33)17-27(28)34/h5-17,20H,4,18-19H2,1-3H3,(H,35,39)/t20-/m1/s1. The minimum Gasteiger partial charge on any atom is -0.497 e. The third kappa shape index (κ3) is 6.15. The second kappa shape index (κ2) is 12.7. The van der Waals surface area contributed by atoms with Crippen molar-refractivity contribution in [3.63, 3.8) is 0 Å². The molecule has 1 aromatic heterocycles. The molecule has 4 aromatic rings. The van der Waals surface area contributed by atoms with Gasteiger partial charge in [-0.05, 0) is 67.0 Å². The number of carbonyl (C=O) groups excluding carboxylic acids is 2. The van der Waals surface area contributed by atoms with Gasteiger partial charge >= 0.3 is 6.09 Å². The number of methoxy groups -OCH3 is 1. The third-order valence-corrected chi connectivity index (χ3v) is 7.52. The molecule has 0 spiro atoms. The van der Waals surface area contributed by atoms with Crippen LogP contribution in [0, 0.1) is 0 Å². The van der Waals surface area contributed by atoms with Crippen LogP contribution in [0.4, 0.5) is 4.79 Å². The Morgan fingerprint density at radius 3 is 2.45 bits per heavy atom. The average molecular weight is 606 g/mol. The van der Waals surface area contributed by atoms with Gasteiger partial charge in [0.1, 0.15) is 5.75 Å². The second-order valence-corrected chi connectivity index (χ2v) is 10.6. The first kappa shape index (κ1) is 29.2. The van der Waals surface area contributed by atoms with E-state index >= 15 is 0 Å². The summed E-state index contributed by atoms with van der Waals surface area (Å²) in [6, 6.07) is 22.0. The van der Waals surface area contributed by atoms with Crippen LogP contribution in [0.2, 0.25) is 10.0 Å². The molecule has 3 aromatic carbocycles. The van der Waals surface area contributed by atoms with E-state index in [4.69, 9.17) is 37.8 Å². The quantitative estimate of drug-likeness (QED) is 0.241. The van der Waals surface area contributed by atoms with Crippen molar-refractivity contribution >= 4 is 46.9 Å². The Morgan fingerprint density at radius 1 is 1.05 bits per heavy atom. The fraction of sp³-hybridized carbons (Fsp3) is 0.219. The summed E-state index contributed by atoms with van der Waals surface area (Å²) in [6.07, 6.45) is 1.48. The first-order valence-electron chi connectivity index (χ1n) is 13.5. The summed E-state index contributed by atoms with van der Waals surface area (Å²) in [7, 11) is 1.61. The van der Waals surface area contributed by atoms with Gasteiger partial charge in [0, 0.05) is 10.6 Å². The zero-order chi connectivity index (χ0) is 29.8. The summed E-state index contributed by atoms with van der Waals surface area (Å²) in [5.41, 5.74) is 4.58. The number of hydrogen-bond donors (Lipinski definition) is 1. The minimum atomic E-state index is -0.481. The van der Waals surface area contributed by atoms with Gasteiger partial charge in [-0.25, -0.2) is 9.48 Å². The van der Waals surface area contributed by atoms with Gasteiger partial charge in [-0.3, -0.25) is 9.69 Å². The number of amides is 2. The number of ether oxygens (including phenoxy) is 2. The number of benzene rings is 3. The van der Waals surface area contributed by atoms with E-state index < -0.39 is 6.09 Å². The molecular weight excluding hydrogens is 575 g/mol. The molecule has 0 fully saturated rings. The number of nitrogens with zero attached hydrogens (tertiary/aromatic N) is 3. The maximum atomic E-state index is 13.8. The van der Waals surface area contributed by atoms with Gasteiger partial charge in [-0.15, -0.1) is 0 Å². The highest BCUT2D eigenvalue weighted by atomic mass is 35.5. The Balaban J connectivity index is 1.67. The Kier molecular flexibility index (Phi) is 8.85. The van der Waals surface area contributed by atoms with Crippen LogP contribution in [0.1, 0.15) is 52.8 Å². The van der Waals surface area contributed by atoms with Crippen molar-refractivity contribution in [2.75, 3.05) is 20.3 Å². The lowest BCUT2D eigenvalue weighted by Crippen LogP contribution is -2.37. The number of rotatable bonds is 7. The van der Waals surface area contributed by atoms with Gasteiger partial charge in [-0.1, -0.05) is 65.7 Å². The van der Waals surface area contributed by atoms with Crippen molar-refractivity contribution in [3.8, 4) is 11.4 Å². The van der Waals surface area contributed by atoms with Crippen LogP contribution < -0.4 is 10.1 Å². The van der Waals surface area contributed by atoms with Gasteiger partial charge in [-0.2, -0.15) is 5.10 Å². The lowest BCUT2D eigenvalue weighted by atomic mass is 9.97. The number of fused-ring (bicyclic) bond motifs is 1. The summed E-state index contributed by atoms with van der Waals surface area (Å²) >= 11 is 12.9. The van der Waals surface area contributed by atoms with Crippen molar-refractivity contribution in [1.82, 2.24) is 20.0 Å². The van der Waals surface area contributed by atoms with E-state index in [1.165, 1.54) is 0 Å². The lowest BCUT2D eigenvalue weighted by Gasteiger charge is -2.29. The summed E-state index contributed by atoms with van der Waals surface area (Å²) in [4.78, 5) is 28.4. The third-order valence-electron chi connectivity index (χ3n) is 6.98. The molecule has 1 atom stereocenters. The molecule has 0 aliphatic carbocycles. The van der Waals surface area contributed by atoms with Crippen molar-refractivity contribution in [2.24, 2.45) is 0 Å². The van der Waals surface area contributed by atoms with E-state index in [0.29, 0.717) is 27.0 Å². The number of aromatic nitrogens is 2. The van der Waals surface area contributed by atoms with E-state index in [1.807, 2.05) is 67.6 Å². The molecule has 216 valence electrons. The number of carbonyl (C=O) groups is 2. The van der Waals surface area contributed by atoms with Crippen molar-refractivity contribution in [1.29, 1.82) is 0 Å². The van der Waals surface area contributed by atoms with E-state index in [9.17, 15) is 9.59 Å². The molecule has 0 saturated heterocycles. The highest BCUT2D eigenvalue weighted by Crippen LogP contribution is 2.36. The Morgan fingerprint density at radius 2 is 1.79 bits per heavy atom. The lowest BCUT2D eigenvalue weighted by molar-refractivity contribution is 0.0926. The first-order valence-corrected chi connectivity index (χ1v) is 14.2. The highest BCUT2D eigenvalue weighted by molar-refractivity contribution is 6.35. The van der Waals surface area contributed by atoms with Gasteiger partial charge in [0.2, 0.25) is 0 Å². The second-order valence-electron chi connectivity index (χ2n) is 9.79. The van der Waals surface area contributed by atoms with Crippen molar-refractivity contribution in [2.45, 2.75) is 26.4 Å². The Bertz CT molecular complexity index is 1630. The predicted molar refractivity (Wildman–Crippen MR) is 164 cm³/mol.